The summed E-state index contributed by atoms with van der Waals surface area (Å²) >= 11 is 1.40. The summed E-state index contributed by atoms with van der Waals surface area (Å²) in [6.07, 6.45) is 0. The van der Waals surface area contributed by atoms with Gasteiger partial charge >= 0.3 is 0 Å². The number of hydrogen-bond acceptors (Lipinski definition) is 3. The van der Waals surface area contributed by atoms with Crippen LogP contribution >= 0.6 is 11.8 Å². The van der Waals surface area contributed by atoms with Crippen LogP contribution in [0.1, 0.15) is 31.9 Å². The molecule has 1 N–H and O–H groups in total. The number of amides is 2. The van der Waals surface area contributed by atoms with Crippen LogP contribution in [0.4, 0.5) is 8.78 Å². The first kappa shape index (κ1) is 22.9. The summed E-state index contributed by atoms with van der Waals surface area (Å²) in [4.78, 5) is 26.8. The molecule has 0 aliphatic heterocycles. The molecule has 0 saturated carbocycles. The van der Waals surface area contributed by atoms with Gasteiger partial charge in [-0.05, 0) is 56.2 Å². The van der Waals surface area contributed by atoms with E-state index in [9.17, 15) is 18.4 Å². The van der Waals surface area contributed by atoms with Crippen molar-refractivity contribution >= 4 is 23.6 Å². The lowest BCUT2D eigenvalue weighted by molar-refractivity contribution is -0.138. The maximum Gasteiger partial charge on any atom is 0.242 e. The van der Waals surface area contributed by atoms with Crippen LogP contribution in [-0.4, -0.2) is 34.6 Å². The summed E-state index contributed by atoms with van der Waals surface area (Å²) in [5.41, 5.74) is 1.66. The van der Waals surface area contributed by atoms with Crippen molar-refractivity contribution in [1.29, 1.82) is 0 Å². The summed E-state index contributed by atoms with van der Waals surface area (Å²) in [5, 5.41) is 2.82. The van der Waals surface area contributed by atoms with Gasteiger partial charge in [-0.15, -0.1) is 11.8 Å². The molecular weight excluding hydrogens is 394 g/mol. The fourth-order valence-corrected chi connectivity index (χ4v) is 3.56. The van der Waals surface area contributed by atoms with Crippen LogP contribution in [0.25, 0.3) is 0 Å². The first-order valence-corrected chi connectivity index (χ1v) is 10.6. The Labute approximate surface area is 174 Å². The molecule has 2 amide bonds. The SMILES string of the molecule is CC(C)NC(=O)[C@H](C)N(Cc1ccc(F)cc1)C(=O)CSCc1ccc(F)cc1. The number of nitrogens with zero attached hydrogens (tertiary/aromatic N) is 1. The molecule has 2 aromatic carbocycles. The molecule has 0 unspecified atom stereocenters. The predicted molar refractivity (Wildman–Crippen MR) is 112 cm³/mol. The molecule has 0 aromatic heterocycles. The number of carbonyl (C=O) groups excluding carboxylic acids is 2. The van der Waals surface area contributed by atoms with E-state index in [-0.39, 0.29) is 41.8 Å². The predicted octanol–water partition coefficient (Wildman–Crippen LogP) is 4.14. The Bertz CT molecular complexity index is 811. The fourth-order valence-electron chi connectivity index (χ4n) is 2.69. The van der Waals surface area contributed by atoms with Crippen LogP contribution in [0, 0.1) is 11.6 Å². The van der Waals surface area contributed by atoms with Crippen molar-refractivity contribution in [1.82, 2.24) is 10.2 Å². The van der Waals surface area contributed by atoms with E-state index in [2.05, 4.69) is 5.32 Å². The molecule has 1 atom stereocenters. The molecular formula is C22H26F2N2O2S. The summed E-state index contributed by atoms with van der Waals surface area (Å²) in [6, 6.07) is 11.3. The van der Waals surface area contributed by atoms with Crippen molar-refractivity contribution in [2.75, 3.05) is 5.75 Å². The lowest BCUT2D eigenvalue weighted by Crippen LogP contribution is -2.49. The highest BCUT2D eigenvalue weighted by Crippen LogP contribution is 2.16. The number of rotatable bonds is 9. The van der Waals surface area contributed by atoms with Gasteiger partial charge in [-0.2, -0.15) is 0 Å². The van der Waals surface area contributed by atoms with Gasteiger partial charge in [-0.3, -0.25) is 9.59 Å². The molecule has 0 bridgehead atoms. The highest BCUT2D eigenvalue weighted by atomic mass is 32.2. The molecule has 0 fully saturated rings. The van der Waals surface area contributed by atoms with Crippen LogP contribution in [0.3, 0.4) is 0 Å². The van der Waals surface area contributed by atoms with Crippen molar-refractivity contribution in [2.45, 2.75) is 45.2 Å². The maximum absolute atomic E-state index is 13.2. The summed E-state index contributed by atoms with van der Waals surface area (Å²) in [5.74, 6) is -0.342. The Morgan fingerprint density at radius 3 is 1.97 bits per heavy atom. The van der Waals surface area contributed by atoms with Gasteiger partial charge in [0.15, 0.2) is 0 Å². The maximum atomic E-state index is 13.2. The molecule has 0 saturated heterocycles. The van der Waals surface area contributed by atoms with Crippen LogP contribution in [0.2, 0.25) is 0 Å². The van der Waals surface area contributed by atoms with Crippen molar-refractivity contribution in [3.05, 3.63) is 71.3 Å². The third-order valence-electron chi connectivity index (χ3n) is 4.27. The normalized spacial score (nSPS) is 11.9. The topological polar surface area (TPSA) is 49.4 Å². The first-order valence-electron chi connectivity index (χ1n) is 9.42. The number of benzene rings is 2. The second kappa shape index (κ2) is 11.0. The molecule has 7 heteroatoms. The molecule has 2 rings (SSSR count). The number of halogens is 2. The van der Waals surface area contributed by atoms with Gasteiger partial charge < -0.3 is 10.2 Å². The second-order valence-electron chi connectivity index (χ2n) is 7.11. The Balaban J connectivity index is 2.05. The van der Waals surface area contributed by atoms with Crippen LogP contribution in [-0.2, 0) is 21.9 Å². The van der Waals surface area contributed by atoms with Gasteiger partial charge in [0.1, 0.15) is 17.7 Å². The second-order valence-corrected chi connectivity index (χ2v) is 8.09. The minimum Gasteiger partial charge on any atom is -0.352 e. The highest BCUT2D eigenvalue weighted by Gasteiger charge is 2.26. The van der Waals surface area contributed by atoms with E-state index < -0.39 is 6.04 Å². The molecule has 0 aliphatic rings. The largest absolute Gasteiger partial charge is 0.352 e. The van der Waals surface area contributed by atoms with Crippen molar-refractivity contribution < 1.29 is 18.4 Å². The van der Waals surface area contributed by atoms with E-state index in [0.717, 1.165) is 11.1 Å². The van der Waals surface area contributed by atoms with E-state index in [1.165, 1.54) is 40.9 Å². The van der Waals surface area contributed by atoms with Gasteiger partial charge in [0.25, 0.3) is 0 Å². The number of hydrogen-bond donors (Lipinski definition) is 1. The monoisotopic (exact) mass is 420 g/mol. The smallest absolute Gasteiger partial charge is 0.242 e. The van der Waals surface area contributed by atoms with Gasteiger partial charge in [-0.1, -0.05) is 24.3 Å². The molecule has 0 aliphatic carbocycles. The third kappa shape index (κ3) is 7.49. The first-order chi connectivity index (χ1) is 13.8. The van der Waals surface area contributed by atoms with E-state index in [4.69, 9.17) is 0 Å². The third-order valence-corrected chi connectivity index (χ3v) is 5.26. The van der Waals surface area contributed by atoms with Crippen LogP contribution in [0.5, 0.6) is 0 Å². The van der Waals surface area contributed by atoms with Gasteiger partial charge in [0.05, 0.1) is 5.75 Å². The van der Waals surface area contributed by atoms with E-state index >= 15 is 0 Å². The van der Waals surface area contributed by atoms with E-state index in [1.807, 2.05) is 13.8 Å². The summed E-state index contributed by atoms with van der Waals surface area (Å²) < 4.78 is 26.2. The lowest BCUT2D eigenvalue weighted by atomic mass is 10.1. The van der Waals surface area contributed by atoms with Crippen molar-refractivity contribution in [2.24, 2.45) is 0 Å². The quantitative estimate of drug-likeness (QED) is 0.663. The summed E-state index contributed by atoms with van der Waals surface area (Å²) in [6.45, 7) is 5.61. The molecule has 0 heterocycles. The van der Waals surface area contributed by atoms with Gasteiger partial charge in [0.2, 0.25) is 11.8 Å². The number of nitrogens with one attached hydrogen (secondary N) is 1. The molecule has 29 heavy (non-hydrogen) atoms. The lowest BCUT2D eigenvalue weighted by Gasteiger charge is -2.29. The average molecular weight is 421 g/mol. The highest BCUT2D eigenvalue weighted by molar-refractivity contribution is 7.99. The number of carbonyl (C=O) groups is 2. The minimum absolute atomic E-state index is 0.0411. The molecule has 0 spiro atoms. The Kier molecular flexibility index (Phi) is 8.64. The average Bonchev–Trinajstić information content (AvgIpc) is 2.68. The zero-order valence-electron chi connectivity index (χ0n) is 16.8. The Morgan fingerprint density at radius 1 is 0.931 bits per heavy atom. The van der Waals surface area contributed by atoms with Gasteiger partial charge in [0, 0.05) is 18.3 Å². The number of thioether (sulfide) groups is 1. The van der Waals surface area contributed by atoms with Crippen LogP contribution in [0.15, 0.2) is 48.5 Å². The Morgan fingerprint density at radius 2 is 1.45 bits per heavy atom. The standard InChI is InChI=1S/C22H26F2N2O2S/c1-15(2)25-22(28)16(3)26(12-17-4-8-19(23)9-5-17)21(27)14-29-13-18-6-10-20(24)11-7-18/h4-11,15-16H,12-14H2,1-3H3,(H,25,28)/t16-/m0/s1. The fraction of sp³-hybridized carbons (Fsp3) is 0.364. The zero-order chi connectivity index (χ0) is 21.4. The molecule has 4 nitrogen and oxygen atoms in total. The Hall–Kier alpha value is -2.41. The van der Waals surface area contributed by atoms with Crippen LogP contribution < -0.4 is 5.32 Å². The van der Waals surface area contributed by atoms with Crippen molar-refractivity contribution in [3.8, 4) is 0 Å². The zero-order valence-corrected chi connectivity index (χ0v) is 17.6. The van der Waals surface area contributed by atoms with E-state index in [0.29, 0.717) is 5.75 Å². The summed E-state index contributed by atoms with van der Waals surface area (Å²) in [7, 11) is 0. The minimum atomic E-state index is -0.665. The van der Waals surface area contributed by atoms with E-state index in [1.54, 1.807) is 31.2 Å². The molecule has 2 aromatic rings. The van der Waals surface area contributed by atoms with Crippen molar-refractivity contribution in [3.63, 3.8) is 0 Å². The molecule has 156 valence electrons. The van der Waals surface area contributed by atoms with Gasteiger partial charge in [-0.25, -0.2) is 8.78 Å². The molecule has 0 radical (unpaired) electrons.